The Morgan fingerprint density at radius 2 is 2.00 bits per heavy atom. The van der Waals surface area contributed by atoms with Crippen LogP contribution in [0.4, 0.5) is 0 Å². The summed E-state index contributed by atoms with van der Waals surface area (Å²) in [6.07, 6.45) is 1.62. The number of aromatic nitrogens is 1. The molecule has 6 heteroatoms. The van der Waals surface area contributed by atoms with Crippen LogP contribution in [0.3, 0.4) is 0 Å². The molecule has 1 aliphatic rings. The fraction of sp³-hybridized carbons (Fsp3) is 0.0556. The first-order chi connectivity index (χ1) is 11.7. The van der Waals surface area contributed by atoms with Gasteiger partial charge in [0.25, 0.3) is 0 Å². The highest BCUT2D eigenvalue weighted by Gasteiger charge is 2.17. The monoisotopic (exact) mass is 352 g/mol. The molecular weight excluding hydrogens is 340 g/mol. The lowest BCUT2D eigenvalue weighted by molar-refractivity contribution is -0.117. The predicted octanol–water partition coefficient (Wildman–Crippen LogP) is 1.89. The SMILES string of the molecule is O=C1CS/C(=c2\ccc3scnc3\c2=C/C(=O)c2ccccc2)N1. The van der Waals surface area contributed by atoms with Gasteiger partial charge in [0.2, 0.25) is 5.91 Å². The molecule has 1 fully saturated rings. The van der Waals surface area contributed by atoms with Crippen LogP contribution < -0.4 is 15.8 Å². The van der Waals surface area contributed by atoms with Crippen molar-refractivity contribution in [3.63, 3.8) is 0 Å². The summed E-state index contributed by atoms with van der Waals surface area (Å²) in [5.41, 5.74) is 3.18. The first-order valence-corrected chi connectivity index (χ1v) is 9.19. The minimum Gasteiger partial charge on any atom is -0.319 e. The van der Waals surface area contributed by atoms with Gasteiger partial charge in [-0.15, -0.1) is 11.3 Å². The van der Waals surface area contributed by atoms with Crippen molar-refractivity contribution in [2.45, 2.75) is 0 Å². The lowest BCUT2D eigenvalue weighted by atomic mass is 10.1. The van der Waals surface area contributed by atoms with E-state index in [2.05, 4.69) is 10.3 Å². The Balaban J connectivity index is 1.99. The number of hydrogen-bond acceptors (Lipinski definition) is 5. The van der Waals surface area contributed by atoms with E-state index < -0.39 is 0 Å². The van der Waals surface area contributed by atoms with Crippen LogP contribution in [0.1, 0.15) is 10.4 Å². The molecule has 1 aliphatic heterocycles. The summed E-state index contributed by atoms with van der Waals surface area (Å²) >= 11 is 2.98. The van der Waals surface area contributed by atoms with Gasteiger partial charge < -0.3 is 5.32 Å². The third-order valence-electron chi connectivity index (χ3n) is 3.72. The number of carbonyl (C=O) groups is 2. The van der Waals surface area contributed by atoms with Gasteiger partial charge in [0, 0.05) is 16.0 Å². The summed E-state index contributed by atoms with van der Waals surface area (Å²) in [6, 6.07) is 13.1. The number of rotatable bonds is 2. The molecule has 0 bridgehead atoms. The number of ketones is 1. The van der Waals surface area contributed by atoms with E-state index in [1.54, 1.807) is 23.7 Å². The van der Waals surface area contributed by atoms with Crippen molar-refractivity contribution in [2.75, 3.05) is 5.75 Å². The Kier molecular flexibility index (Phi) is 3.92. The first-order valence-electron chi connectivity index (χ1n) is 7.32. The highest BCUT2D eigenvalue weighted by Crippen LogP contribution is 2.19. The highest BCUT2D eigenvalue weighted by molar-refractivity contribution is 8.09. The van der Waals surface area contributed by atoms with E-state index in [0.29, 0.717) is 11.3 Å². The minimum absolute atomic E-state index is 0.0197. The molecule has 4 rings (SSSR count). The Bertz CT molecular complexity index is 1070. The van der Waals surface area contributed by atoms with E-state index in [1.165, 1.54) is 23.1 Å². The average molecular weight is 352 g/mol. The fourth-order valence-corrected chi connectivity index (χ4v) is 4.15. The summed E-state index contributed by atoms with van der Waals surface area (Å²) in [6.45, 7) is 0. The molecule has 24 heavy (non-hydrogen) atoms. The highest BCUT2D eigenvalue weighted by atomic mass is 32.2. The molecular formula is C18H12N2O2S2. The maximum absolute atomic E-state index is 12.6. The van der Waals surface area contributed by atoms with Gasteiger partial charge in [0.1, 0.15) is 0 Å². The molecule has 4 nitrogen and oxygen atoms in total. The number of thioether (sulfide) groups is 1. The number of thiazole rings is 1. The van der Waals surface area contributed by atoms with E-state index in [1.807, 2.05) is 30.3 Å². The molecule has 2 aromatic carbocycles. The zero-order valence-corrected chi connectivity index (χ0v) is 14.1. The molecule has 1 amide bonds. The van der Waals surface area contributed by atoms with Crippen LogP contribution in [-0.2, 0) is 4.79 Å². The summed E-state index contributed by atoms with van der Waals surface area (Å²) < 4.78 is 1.01. The molecule has 0 aliphatic carbocycles. The van der Waals surface area contributed by atoms with Crippen molar-refractivity contribution in [1.82, 2.24) is 10.3 Å². The summed E-state index contributed by atoms with van der Waals surface area (Å²) in [7, 11) is 0. The smallest absolute Gasteiger partial charge is 0.235 e. The molecule has 1 aromatic heterocycles. The van der Waals surface area contributed by atoms with Gasteiger partial charge >= 0.3 is 0 Å². The molecule has 0 atom stereocenters. The molecule has 2 heterocycles. The van der Waals surface area contributed by atoms with Gasteiger partial charge in [-0.25, -0.2) is 4.98 Å². The van der Waals surface area contributed by atoms with Crippen molar-refractivity contribution in [3.8, 4) is 0 Å². The van der Waals surface area contributed by atoms with Gasteiger partial charge in [-0.2, -0.15) is 0 Å². The largest absolute Gasteiger partial charge is 0.319 e. The van der Waals surface area contributed by atoms with Crippen molar-refractivity contribution >= 4 is 56.1 Å². The normalized spacial score (nSPS) is 17.3. The molecule has 3 aromatic rings. The van der Waals surface area contributed by atoms with Gasteiger partial charge in [-0.05, 0) is 12.1 Å². The van der Waals surface area contributed by atoms with Crippen molar-refractivity contribution < 1.29 is 9.59 Å². The second kappa shape index (κ2) is 6.22. The van der Waals surface area contributed by atoms with Crippen LogP contribution in [0.2, 0.25) is 0 Å². The molecule has 1 N–H and O–H groups in total. The standard InChI is InChI=1S/C18H12N2O2S2/c21-14(11-4-2-1-3-5-11)8-13-12(18-20-16(22)9-23-18)6-7-15-17(13)19-10-24-15/h1-8,10H,9H2,(H,20,22)/b13-8-,18-12+. The number of carbonyl (C=O) groups excluding carboxylic acids is 2. The maximum Gasteiger partial charge on any atom is 0.235 e. The molecule has 0 radical (unpaired) electrons. The fourth-order valence-electron chi connectivity index (χ4n) is 2.59. The quantitative estimate of drug-likeness (QED) is 0.716. The van der Waals surface area contributed by atoms with Gasteiger partial charge in [-0.3, -0.25) is 9.59 Å². The zero-order chi connectivity index (χ0) is 16.5. The number of hydrogen-bond donors (Lipinski definition) is 1. The van der Waals surface area contributed by atoms with Gasteiger partial charge in [0.05, 0.1) is 26.5 Å². The Hall–Kier alpha value is -2.44. The van der Waals surface area contributed by atoms with Gasteiger partial charge in [-0.1, -0.05) is 48.2 Å². The predicted molar refractivity (Wildman–Crippen MR) is 98.1 cm³/mol. The van der Waals surface area contributed by atoms with Crippen LogP contribution in [0.25, 0.3) is 21.3 Å². The number of amides is 1. The third-order valence-corrected chi connectivity index (χ3v) is 5.53. The van der Waals surface area contributed by atoms with Crippen molar-refractivity contribution in [1.29, 1.82) is 0 Å². The summed E-state index contributed by atoms with van der Waals surface area (Å²) in [5.74, 6) is 0.303. The summed E-state index contributed by atoms with van der Waals surface area (Å²) in [4.78, 5) is 28.6. The number of nitrogens with zero attached hydrogens (tertiary/aromatic N) is 1. The molecule has 0 unspecified atom stereocenters. The first kappa shape index (κ1) is 15.1. The van der Waals surface area contributed by atoms with Crippen LogP contribution in [0, 0.1) is 0 Å². The topological polar surface area (TPSA) is 59.1 Å². The maximum atomic E-state index is 12.6. The van der Waals surface area contributed by atoms with E-state index in [0.717, 1.165) is 25.7 Å². The van der Waals surface area contributed by atoms with Crippen molar-refractivity contribution in [3.05, 3.63) is 64.0 Å². The molecule has 0 saturated carbocycles. The second-order valence-corrected chi connectivity index (χ2v) is 7.14. The molecule has 1 saturated heterocycles. The number of benzene rings is 2. The Morgan fingerprint density at radius 3 is 2.75 bits per heavy atom. The van der Waals surface area contributed by atoms with E-state index in [9.17, 15) is 9.59 Å². The van der Waals surface area contributed by atoms with E-state index in [4.69, 9.17) is 0 Å². The number of nitrogens with one attached hydrogen (secondary N) is 1. The van der Waals surface area contributed by atoms with Crippen LogP contribution in [0.5, 0.6) is 0 Å². The van der Waals surface area contributed by atoms with Crippen LogP contribution >= 0.6 is 23.1 Å². The third kappa shape index (κ3) is 2.74. The van der Waals surface area contributed by atoms with Crippen molar-refractivity contribution in [2.24, 2.45) is 0 Å². The lowest BCUT2D eigenvalue weighted by Crippen LogP contribution is -2.32. The molecule has 0 spiro atoms. The Labute approximate surface area is 145 Å². The number of Topliss-reactive ketones (excluding diaryl/α,β-unsaturated/α-hetero) is 1. The van der Waals surface area contributed by atoms with Crippen LogP contribution in [0.15, 0.2) is 48.0 Å². The van der Waals surface area contributed by atoms with E-state index >= 15 is 0 Å². The zero-order valence-electron chi connectivity index (χ0n) is 12.5. The number of fused-ring (bicyclic) bond motifs is 1. The van der Waals surface area contributed by atoms with E-state index in [-0.39, 0.29) is 11.7 Å². The average Bonchev–Trinajstić information content (AvgIpc) is 3.25. The lowest BCUT2D eigenvalue weighted by Gasteiger charge is -2.00. The summed E-state index contributed by atoms with van der Waals surface area (Å²) in [5, 5.41) is 5.24. The van der Waals surface area contributed by atoms with Crippen LogP contribution in [-0.4, -0.2) is 22.4 Å². The Morgan fingerprint density at radius 1 is 1.17 bits per heavy atom. The second-order valence-electron chi connectivity index (χ2n) is 5.27. The van der Waals surface area contributed by atoms with Gasteiger partial charge in [0.15, 0.2) is 5.78 Å². The molecule has 118 valence electrons. The minimum atomic E-state index is -0.0766.